The van der Waals surface area contributed by atoms with Gasteiger partial charge in [-0.1, -0.05) is 49.5 Å². The van der Waals surface area contributed by atoms with Crippen molar-refractivity contribution >= 4 is 17.8 Å². The van der Waals surface area contributed by atoms with Crippen LogP contribution in [-0.2, 0) is 16.6 Å². The molecule has 40 heavy (non-hydrogen) atoms. The molecule has 0 saturated heterocycles. The van der Waals surface area contributed by atoms with Gasteiger partial charge < -0.3 is 10.1 Å². The lowest BCUT2D eigenvalue weighted by atomic mass is 9.63. The van der Waals surface area contributed by atoms with E-state index in [1.165, 1.54) is 25.6 Å². The molecule has 1 aromatic heterocycles. The summed E-state index contributed by atoms with van der Waals surface area (Å²) in [6, 6.07) is 0. The van der Waals surface area contributed by atoms with Gasteiger partial charge in [-0.25, -0.2) is 22.5 Å². The molecule has 0 amide bonds. The number of carbonyl (C=O) groups is 1. The Kier molecular flexibility index (Phi) is 9.78. The largest absolute Gasteiger partial charge is 0.466 e. The highest BCUT2D eigenvalue weighted by molar-refractivity contribution is 5.89. The van der Waals surface area contributed by atoms with Crippen molar-refractivity contribution in [1.29, 1.82) is 5.41 Å². The molecule has 2 aromatic rings. The summed E-state index contributed by atoms with van der Waals surface area (Å²) in [6.45, 7) is 3.78. The molecule has 1 aromatic carbocycles. The second-order valence-electron chi connectivity index (χ2n) is 9.36. The van der Waals surface area contributed by atoms with Crippen LogP contribution >= 0.6 is 0 Å². The van der Waals surface area contributed by atoms with Crippen molar-refractivity contribution in [2.75, 3.05) is 7.11 Å². The lowest BCUT2D eigenvalue weighted by Crippen LogP contribution is -2.38. The van der Waals surface area contributed by atoms with Crippen molar-refractivity contribution in [2.45, 2.75) is 33.1 Å². The van der Waals surface area contributed by atoms with Crippen molar-refractivity contribution < 1.29 is 36.1 Å². The van der Waals surface area contributed by atoms with E-state index in [1.807, 2.05) is 32.1 Å². The lowest BCUT2D eigenvalue weighted by molar-refractivity contribution is -0.673. The maximum absolute atomic E-state index is 14.9. The van der Waals surface area contributed by atoms with Crippen molar-refractivity contribution in [1.82, 2.24) is 4.57 Å². The molecule has 212 valence electrons. The van der Waals surface area contributed by atoms with E-state index in [0.717, 1.165) is 10.8 Å². The van der Waals surface area contributed by atoms with Crippen molar-refractivity contribution in [3.05, 3.63) is 101 Å². The molecule has 10 heteroatoms. The first-order chi connectivity index (χ1) is 19.1. The number of esters is 1. The standard InChI is InChI=1S/C30H31F5N3O2/c1-5-14-30(6-2,18-19(29(39)40-4)11-9-10-15-36)21-13-8-7-12-20(21)28-37(3)16-17-38(28)27-25(34)23(32)22(31)24(33)26(27)35/h5,7-12,14-17,21,36H,6,13,18H2,1-4H3/q+1/b10-9-,14-5?,19-11+,36-15?/t21?,30-/m1/s1. The number of hydrogen-bond acceptors (Lipinski definition) is 3. The van der Waals surface area contributed by atoms with E-state index in [4.69, 9.17) is 10.1 Å². The minimum atomic E-state index is -2.23. The summed E-state index contributed by atoms with van der Waals surface area (Å²) in [4.78, 5) is 12.7. The van der Waals surface area contributed by atoms with E-state index in [2.05, 4.69) is 0 Å². The van der Waals surface area contributed by atoms with Crippen LogP contribution < -0.4 is 4.57 Å². The summed E-state index contributed by atoms with van der Waals surface area (Å²) in [5.74, 6) is -10.9. The highest BCUT2D eigenvalue weighted by Crippen LogP contribution is 2.49. The van der Waals surface area contributed by atoms with Gasteiger partial charge in [0.2, 0.25) is 34.8 Å². The first-order valence-corrected chi connectivity index (χ1v) is 12.6. The summed E-state index contributed by atoms with van der Waals surface area (Å²) >= 11 is 0. The number of rotatable bonds is 10. The van der Waals surface area contributed by atoms with Crippen LogP contribution in [0.1, 0.15) is 38.9 Å². The molecule has 1 aliphatic carbocycles. The third-order valence-corrected chi connectivity index (χ3v) is 7.17. The molecule has 1 aliphatic rings. The van der Waals surface area contributed by atoms with E-state index >= 15 is 0 Å². The van der Waals surface area contributed by atoms with Crippen molar-refractivity contribution in [2.24, 2.45) is 18.4 Å². The van der Waals surface area contributed by atoms with Gasteiger partial charge in [-0.2, -0.15) is 13.3 Å². The average molecular weight is 561 g/mol. The Labute approximate surface area is 229 Å². The highest BCUT2D eigenvalue weighted by atomic mass is 19.2. The van der Waals surface area contributed by atoms with Crippen LogP contribution in [0.25, 0.3) is 11.3 Å². The first kappa shape index (κ1) is 30.5. The number of methoxy groups -OCH3 is 1. The second-order valence-corrected chi connectivity index (χ2v) is 9.36. The smallest absolute Gasteiger partial charge is 0.333 e. The van der Waals surface area contributed by atoms with E-state index < -0.39 is 46.2 Å². The first-order valence-electron chi connectivity index (χ1n) is 12.6. The van der Waals surface area contributed by atoms with Gasteiger partial charge in [-0.3, -0.25) is 0 Å². The summed E-state index contributed by atoms with van der Waals surface area (Å²) < 4.78 is 79.6. The van der Waals surface area contributed by atoms with Gasteiger partial charge in [0.1, 0.15) is 12.4 Å². The molecule has 5 nitrogen and oxygen atoms in total. The number of ether oxygens (including phenoxy) is 1. The van der Waals surface area contributed by atoms with E-state index in [0.29, 0.717) is 24.0 Å². The van der Waals surface area contributed by atoms with E-state index in [1.54, 1.807) is 35.9 Å². The quantitative estimate of drug-likeness (QED) is 0.0409. The minimum absolute atomic E-state index is 0.214. The van der Waals surface area contributed by atoms with Crippen LogP contribution in [0, 0.1) is 45.8 Å². The zero-order valence-corrected chi connectivity index (χ0v) is 22.7. The average Bonchev–Trinajstić information content (AvgIpc) is 3.34. The van der Waals surface area contributed by atoms with E-state index in [9.17, 15) is 26.7 Å². The molecule has 1 N–H and O–H groups in total. The van der Waals surface area contributed by atoms with Gasteiger partial charge in [0.05, 0.1) is 14.2 Å². The van der Waals surface area contributed by atoms with Crippen LogP contribution in [0.3, 0.4) is 0 Å². The third kappa shape index (κ3) is 5.61. The predicted octanol–water partition coefficient (Wildman–Crippen LogP) is 6.62. The van der Waals surface area contributed by atoms with E-state index in [-0.39, 0.29) is 18.2 Å². The normalized spacial score (nSPS) is 17.4. The fourth-order valence-electron chi connectivity index (χ4n) is 5.24. The molecular weight excluding hydrogens is 529 g/mol. The van der Waals surface area contributed by atoms with Crippen LogP contribution in [-0.4, -0.2) is 23.9 Å². The SMILES string of the molecule is CC=C[C@](CC)(C/C(=C\C=C/C=N)C(=O)OC)C1CC=CC=C1c1n(-c2c(F)c(F)c(F)c(F)c2F)cc[n+]1C. The Balaban J connectivity index is 2.26. The van der Waals surface area contributed by atoms with Gasteiger partial charge in [0, 0.05) is 23.3 Å². The van der Waals surface area contributed by atoms with Gasteiger partial charge in [-0.15, -0.1) is 0 Å². The number of benzene rings is 1. The Bertz CT molecular complexity index is 1420. The molecule has 0 spiro atoms. The number of allylic oxidation sites excluding steroid dienone is 9. The molecule has 0 radical (unpaired) electrons. The van der Waals surface area contributed by atoms with Gasteiger partial charge >= 0.3 is 5.97 Å². The molecule has 0 saturated carbocycles. The monoisotopic (exact) mass is 560 g/mol. The topological polar surface area (TPSA) is 59.0 Å². The van der Waals surface area contributed by atoms with Gasteiger partial charge in [0.25, 0.3) is 5.82 Å². The number of nitrogens with one attached hydrogen (secondary N) is 1. The van der Waals surface area contributed by atoms with Crippen LogP contribution in [0.5, 0.6) is 0 Å². The zero-order chi connectivity index (χ0) is 29.6. The fourth-order valence-corrected chi connectivity index (χ4v) is 5.24. The number of nitrogens with zero attached hydrogens (tertiary/aromatic N) is 2. The number of hydrogen-bond donors (Lipinski definition) is 1. The highest BCUT2D eigenvalue weighted by Gasteiger charge is 2.43. The molecule has 3 rings (SSSR count). The summed E-state index contributed by atoms with van der Waals surface area (Å²) in [5, 5.41) is 7.22. The molecule has 0 bridgehead atoms. The lowest BCUT2D eigenvalue weighted by Gasteiger charge is -2.39. The Morgan fingerprint density at radius 3 is 2.38 bits per heavy atom. The predicted molar refractivity (Wildman–Crippen MR) is 142 cm³/mol. The number of aromatic nitrogens is 2. The summed E-state index contributed by atoms with van der Waals surface area (Å²) in [7, 11) is 2.88. The molecular formula is C30H31F5N3O2+. The summed E-state index contributed by atoms with van der Waals surface area (Å²) in [5.41, 5.74) is -0.879. The van der Waals surface area contributed by atoms with Crippen LogP contribution in [0.4, 0.5) is 22.0 Å². The van der Waals surface area contributed by atoms with Crippen molar-refractivity contribution in [3.63, 3.8) is 0 Å². The molecule has 2 atom stereocenters. The third-order valence-electron chi connectivity index (χ3n) is 7.17. The Morgan fingerprint density at radius 1 is 1.15 bits per heavy atom. The second kappa shape index (κ2) is 12.8. The number of imidazole rings is 1. The van der Waals surface area contributed by atoms with Crippen LogP contribution in [0.15, 0.2) is 66.6 Å². The molecule has 1 heterocycles. The molecule has 1 unspecified atom stereocenters. The van der Waals surface area contributed by atoms with Crippen LogP contribution in [0.2, 0.25) is 0 Å². The molecule has 0 fully saturated rings. The summed E-state index contributed by atoms with van der Waals surface area (Å²) in [6.07, 6.45) is 18.8. The number of halogens is 5. The maximum atomic E-state index is 14.9. The number of carbonyl (C=O) groups excluding carboxylic acids is 1. The van der Waals surface area contributed by atoms with Gasteiger partial charge in [0.15, 0.2) is 0 Å². The van der Waals surface area contributed by atoms with Gasteiger partial charge in [-0.05, 0) is 37.7 Å². The number of aryl methyl sites for hydroxylation is 1. The molecule has 0 aliphatic heterocycles. The zero-order valence-electron chi connectivity index (χ0n) is 22.7. The Hall–Kier alpha value is -4.08. The maximum Gasteiger partial charge on any atom is 0.333 e. The fraction of sp³-hybridized carbons (Fsp3) is 0.300. The Morgan fingerprint density at radius 2 is 1.80 bits per heavy atom. The van der Waals surface area contributed by atoms with Crippen molar-refractivity contribution in [3.8, 4) is 5.69 Å². The minimum Gasteiger partial charge on any atom is -0.466 e.